The molecule has 6 nitrogen and oxygen atoms in total. The molecule has 94 valence electrons. The van der Waals surface area contributed by atoms with Crippen LogP contribution in [0.5, 0.6) is 0 Å². The van der Waals surface area contributed by atoms with Crippen molar-refractivity contribution in [1.82, 2.24) is 9.80 Å². The first-order chi connectivity index (χ1) is 7.83. The number of hydrogen-bond donors (Lipinski definition) is 0. The minimum absolute atomic E-state index is 0.374. The van der Waals surface area contributed by atoms with E-state index in [4.69, 9.17) is 10.00 Å². The molecule has 1 aliphatic rings. The highest BCUT2D eigenvalue weighted by atomic mass is 16.6. The summed E-state index contributed by atoms with van der Waals surface area (Å²) in [6.07, 6.45) is -0.374. The van der Waals surface area contributed by atoms with Gasteiger partial charge < -0.3 is 14.5 Å². The van der Waals surface area contributed by atoms with Crippen LogP contribution >= 0.6 is 0 Å². The van der Waals surface area contributed by atoms with Crippen LogP contribution in [0.4, 0.5) is 4.79 Å². The Kier molecular flexibility index (Phi) is 3.94. The lowest BCUT2D eigenvalue weighted by Gasteiger charge is -2.34. The molecule has 0 radical (unpaired) electrons. The van der Waals surface area contributed by atoms with Crippen LogP contribution in [0.25, 0.3) is 0 Å². The minimum atomic E-state index is -0.547. The maximum atomic E-state index is 11.7. The van der Waals surface area contributed by atoms with Gasteiger partial charge in [-0.25, -0.2) is 4.79 Å². The fourth-order valence-electron chi connectivity index (χ4n) is 1.49. The highest BCUT2D eigenvalue weighted by molar-refractivity contribution is 5.91. The second-order valence-corrected chi connectivity index (χ2v) is 4.87. The zero-order chi connectivity index (χ0) is 13.1. The first-order valence-electron chi connectivity index (χ1n) is 5.50. The Morgan fingerprint density at radius 3 is 2.00 bits per heavy atom. The number of rotatable bonds is 0. The molecule has 0 aromatic heterocycles. The van der Waals surface area contributed by atoms with E-state index in [1.165, 1.54) is 4.90 Å². The number of piperazine rings is 1. The van der Waals surface area contributed by atoms with Gasteiger partial charge in [-0.05, 0) is 20.8 Å². The van der Waals surface area contributed by atoms with Crippen molar-refractivity contribution in [3.63, 3.8) is 0 Å². The van der Waals surface area contributed by atoms with Crippen LogP contribution in [-0.2, 0) is 9.53 Å². The van der Waals surface area contributed by atoms with E-state index in [1.54, 1.807) is 31.7 Å². The molecule has 1 heterocycles. The molecule has 0 spiro atoms. The van der Waals surface area contributed by atoms with E-state index in [2.05, 4.69) is 0 Å². The van der Waals surface area contributed by atoms with Crippen LogP contribution in [0.3, 0.4) is 0 Å². The van der Waals surface area contributed by atoms with Gasteiger partial charge in [0.05, 0.1) is 0 Å². The van der Waals surface area contributed by atoms with Gasteiger partial charge >= 0.3 is 12.0 Å². The quantitative estimate of drug-likeness (QED) is 0.580. The van der Waals surface area contributed by atoms with Crippen LogP contribution in [0.2, 0.25) is 0 Å². The molecule has 6 heteroatoms. The van der Waals surface area contributed by atoms with Crippen molar-refractivity contribution in [3.8, 4) is 6.07 Å². The minimum Gasteiger partial charge on any atom is -0.444 e. The number of hydrogen-bond acceptors (Lipinski definition) is 4. The third-order valence-corrected chi connectivity index (χ3v) is 2.31. The summed E-state index contributed by atoms with van der Waals surface area (Å²) in [7, 11) is 0. The van der Waals surface area contributed by atoms with Crippen molar-refractivity contribution in [2.75, 3.05) is 26.2 Å². The van der Waals surface area contributed by atoms with Crippen LogP contribution in [0.1, 0.15) is 20.8 Å². The third-order valence-electron chi connectivity index (χ3n) is 2.31. The number of nitrogens with zero attached hydrogens (tertiary/aromatic N) is 3. The molecular weight excluding hydrogens is 222 g/mol. The molecular formula is C11H17N3O3. The van der Waals surface area contributed by atoms with Crippen LogP contribution in [-0.4, -0.2) is 53.6 Å². The van der Waals surface area contributed by atoms with E-state index in [9.17, 15) is 9.59 Å². The topological polar surface area (TPSA) is 73.6 Å². The largest absolute Gasteiger partial charge is 0.444 e. The number of nitriles is 1. The Balaban J connectivity index is 2.45. The molecule has 0 saturated carbocycles. The highest BCUT2D eigenvalue weighted by Crippen LogP contribution is 2.11. The van der Waals surface area contributed by atoms with E-state index in [0.29, 0.717) is 26.2 Å². The van der Waals surface area contributed by atoms with Gasteiger partial charge in [0.15, 0.2) is 6.07 Å². The van der Waals surface area contributed by atoms with Crippen LogP contribution < -0.4 is 0 Å². The molecule has 0 atom stereocenters. The smallest absolute Gasteiger partial charge is 0.410 e. The predicted octanol–water partition coefficient (Wildman–Crippen LogP) is 0.589. The summed E-state index contributed by atoms with van der Waals surface area (Å²) in [5, 5.41) is 8.47. The number of ether oxygens (including phenoxy) is 1. The Morgan fingerprint density at radius 2 is 1.59 bits per heavy atom. The van der Waals surface area contributed by atoms with Crippen molar-refractivity contribution < 1.29 is 14.3 Å². The maximum absolute atomic E-state index is 11.7. The van der Waals surface area contributed by atoms with Crippen molar-refractivity contribution in [1.29, 1.82) is 5.26 Å². The molecule has 0 aromatic carbocycles. The van der Waals surface area contributed by atoms with E-state index in [-0.39, 0.29) is 6.09 Å². The summed E-state index contributed by atoms with van der Waals surface area (Å²) in [4.78, 5) is 25.8. The zero-order valence-electron chi connectivity index (χ0n) is 10.4. The normalized spacial score (nSPS) is 16.4. The SMILES string of the molecule is CC(C)(C)OC(=O)N1CCN(C(=O)C#N)CC1. The molecule has 1 saturated heterocycles. The van der Waals surface area contributed by atoms with E-state index in [1.807, 2.05) is 0 Å². The third kappa shape index (κ3) is 3.94. The molecule has 2 amide bonds. The first-order valence-corrected chi connectivity index (χ1v) is 5.50. The van der Waals surface area contributed by atoms with Crippen molar-refractivity contribution >= 4 is 12.0 Å². The molecule has 0 aliphatic carbocycles. The first kappa shape index (κ1) is 13.3. The number of amides is 2. The predicted molar refractivity (Wildman–Crippen MR) is 60.0 cm³/mol. The average Bonchev–Trinajstić information content (AvgIpc) is 2.26. The van der Waals surface area contributed by atoms with Gasteiger partial charge in [-0.2, -0.15) is 5.26 Å². The Morgan fingerprint density at radius 1 is 1.12 bits per heavy atom. The zero-order valence-corrected chi connectivity index (χ0v) is 10.4. The monoisotopic (exact) mass is 239 g/mol. The van der Waals surface area contributed by atoms with E-state index >= 15 is 0 Å². The second kappa shape index (κ2) is 5.04. The van der Waals surface area contributed by atoms with Crippen molar-refractivity contribution in [3.05, 3.63) is 0 Å². The van der Waals surface area contributed by atoms with Gasteiger partial charge in [-0.1, -0.05) is 0 Å². The molecule has 17 heavy (non-hydrogen) atoms. The molecule has 0 N–H and O–H groups in total. The van der Waals surface area contributed by atoms with Gasteiger partial charge in [0.25, 0.3) is 0 Å². The van der Waals surface area contributed by atoms with Crippen molar-refractivity contribution in [2.24, 2.45) is 0 Å². The van der Waals surface area contributed by atoms with Crippen LogP contribution in [0.15, 0.2) is 0 Å². The summed E-state index contributed by atoms with van der Waals surface area (Å²) in [5.41, 5.74) is -0.517. The standard InChI is InChI=1S/C11H17N3O3/c1-11(2,3)17-10(16)14-6-4-13(5-7-14)9(15)8-12/h4-7H2,1-3H3. The summed E-state index contributed by atoms with van der Waals surface area (Å²) < 4.78 is 5.22. The van der Waals surface area contributed by atoms with Crippen molar-refractivity contribution in [2.45, 2.75) is 26.4 Å². The van der Waals surface area contributed by atoms with E-state index in [0.717, 1.165) is 0 Å². The highest BCUT2D eigenvalue weighted by Gasteiger charge is 2.27. The lowest BCUT2D eigenvalue weighted by atomic mass is 10.2. The summed E-state index contributed by atoms with van der Waals surface area (Å²) >= 11 is 0. The number of carbonyl (C=O) groups is 2. The fraction of sp³-hybridized carbons (Fsp3) is 0.727. The van der Waals surface area contributed by atoms with E-state index < -0.39 is 11.5 Å². The summed E-state index contributed by atoms with van der Waals surface area (Å²) in [5.74, 6) is -0.547. The summed E-state index contributed by atoms with van der Waals surface area (Å²) in [6, 6.07) is 1.57. The average molecular weight is 239 g/mol. The molecule has 1 fully saturated rings. The second-order valence-electron chi connectivity index (χ2n) is 4.87. The Hall–Kier alpha value is -1.77. The molecule has 0 unspecified atom stereocenters. The lowest BCUT2D eigenvalue weighted by Crippen LogP contribution is -2.51. The molecule has 1 aliphatic heterocycles. The Bertz CT molecular complexity index is 346. The van der Waals surface area contributed by atoms with Gasteiger partial charge in [0.2, 0.25) is 0 Å². The number of carbonyl (C=O) groups excluding carboxylic acids is 2. The molecule has 0 bridgehead atoms. The lowest BCUT2D eigenvalue weighted by molar-refractivity contribution is -0.127. The Labute approximate surface area is 101 Å². The molecule has 1 rings (SSSR count). The summed E-state index contributed by atoms with van der Waals surface area (Å²) in [6.45, 7) is 6.99. The van der Waals surface area contributed by atoms with Gasteiger partial charge in [0.1, 0.15) is 5.60 Å². The van der Waals surface area contributed by atoms with Gasteiger partial charge in [0, 0.05) is 26.2 Å². The maximum Gasteiger partial charge on any atom is 0.410 e. The van der Waals surface area contributed by atoms with Gasteiger partial charge in [-0.15, -0.1) is 0 Å². The van der Waals surface area contributed by atoms with Crippen LogP contribution in [0, 0.1) is 11.3 Å². The molecule has 0 aromatic rings. The van der Waals surface area contributed by atoms with Gasteiger partial charge in [-0.3, -0.25) is 4.79 Å². The fourth-order valence-corrected chi connectivity index (χ4v) is 1.49.